The van der Waals surface area contributed by atoms with E-state index < -0.39 is 10.0 Å². The summed E-state index contributed by atoms with van der Waals surface area (Å²) in [6.07, 6.45) is 1.33. The number of likely N-dealkylation sites (N-methyl/N-ethyl adjacent to an activating group) is 1. The van der Waals surface area contributed by atoms with Gasteiger partial charge in [-0.15, -0.1) is 0 Å². The molecular weight excluding hydrogens is 440 g/mol. The number of hydrogen-bond acceptors (Lipinski definition) is 7. The maximum absolute atomic E-state index is 13.2. The van der Waals surface area contributed by atoms with Crippen LogP contribution in [0.25, 0.3) is 10.9 Å². The van der Waals surface area contributed by atoms with Crippen LogP contribution in [0.5, 0.6) is 11.5 Å². The Kier molecular flexibility index (Phi) is 7.76. The van der Waals surface area contributed by atoms with Gasteiger partial charge >= 0.3 is 0 Å². The summed E-state index contributed by atoms with van der Waals surface area (Å²) in [6.45, 7) is 12.9. The zero-order valence-corrected chi connectivity index (χ0v) is 20.9. The Hall–Kier alpha value is -2.91. The number of sulfonamides is 1. The predicted octanol–water partition coefficient (Wildman–Crippen LogP) is 4.09. The number of benzene rings is 2. The summed E-state index contributed by atoms with van der Waals surface area (Å²) < 4.78 is 40.6. The molecule has 0 unspecified atom stereocenters. The summed E-state index contributed by atoms with van der Waals surface area (Å²) in [6, 6.07) is 7.15. The molecule has 9 heteroatoms. The molecule has 1 heterocycles. The minimum absolute atomic E-state index is 0.187. The van der Waals surface area contributed by atoms with Crippen molar-refractivity contribution < 1.29 is 17.9 Å². The minimum atomic E-state index is -3.86. The number of methoxy groups -OCH3 is 1. The highest BCUT2D eigenvalue weighted by molar-refractivity contribution is 7.92. The van der Waals surface area contributed by atoms with Gasteiger partial charge in [0.05, 0.1) is 17.5 Å². The van der Waals surface area contributed by atoms with E-state index in [1.807, 2.05) is 19.1 Å². The number of anilines is 1. The average molecular weight is 473 g/mol. The number of rotatable bonds is 10. The second kappa shape index (κ2) is 10.4. The van der Waals surface area contributed by atoms with Crippen LogP contribution in [0, 0.1) is 20.8 Å². The van der Waals surface area contributed by atoms with Gasteiger partial charge < -0.3 is 14.4 Å². The standard InChI is InChI=1S/C24H32N4O4S/c1-7-28(8-2)9-10-32-22-14-20-19(13-21(22)31-6)24(26-15-25-20)27-33(29,30)23-17(4)11-16(3)12-18(23)5/h11-15H,7-10H2,1-6H3,(H,25,26,27). The van der Waals surface area contributed by atoms with E-state index in [9.17, 15) is 8.42 Å². The maximum atomic E-state index is 13.2. The SMILES string of the molecule is CCN(CC)CCOc1cc2ncnc(NS(=O)(=O)c3c(C)cc(C)cc3C)c2cc1OC. The third kappa shape index (κ3) is 5.54. The number of hydrogen-bond donors (Lipinski definition) is 1. The van der Waals surface area contributed by atoms with Gasteiger partial charge in [-0.1, -0.05) is 31.5 Å². The van der Waals surface area contributed by atoms with Crippen LogP contribution >= 0.6 is 0 Å². The Morgan fingerprint density at radius 1 is 0.970 bits per heavy atom. The summed E-state index contributed by atoms with van der Waals surface area (Å²) in [4.78, 5) is 11.0. The van der Waals surface area contributed by atoms with Crippen LogP contribution in [-0.2, 0) is 10.0 Å². The van der Waals surface area contributed by atoms with E-state index in [4.69, 9.17) is 9.47 Å². The predicted molar refractivity (Wildman–Crippen MR) is 131 cm³/mol. The molecule has 3 rings (SSSR count). The maximum Gasteiger partial charge on any atom is 0.263 e. The van der Waals surface area contributed by atoms with Crippen molar-refractivity contribution in [2.75, 3.05) is 38.1 Å². The number of fused-ring (bicyclic) bond motifs is 1. The molecule has 1 aromatic heterocycles. The number of nitrogens with zero attached hydrogens (tertiary/aromatic N) is 3. The van der Waals surface area contributed by atoms with Crippen molar-refractivity contribution >= 4 is 26.7 Å². The van der Waals surface area contributed by atoms with Gasteiger partial charge in [0, 0.05) is 18.0 Å². The van der Waals surface area contributed by atoms with Gasteiger partial charge in [0.15, 0.2) is 17.3 Å². The molecule has 0 aliphatic rings. The largest absolute Gasteiger partial charge is 0.493 e. The van der Waals surface area contributed by atoms with Crippen LogP contribution < -0.4 is 14.2 Å². The summed E-state index contributed by atoms with van der Waals surface area (Å²) in [7, 11) is -2.31. The van der Waals surface area contributed by atoms with E-state index in [0.29, 0.717) is 40.1 Å². The number of aromatic nitrogens is 2. The van der Waals surface area contributed by atoms with E-state index >= 15 is 0 Å². The van der Waals surface area contributed by atoms with E-state index in [2.05, 4.69) is 33.4 Å². The first-order valence-electron chi connectivity index (χ1n) is 11.0. The van der Waals surface area contributed by atoms with Crippen molar-refractivity contribution in [2.24, 2.45) is 0 Å². The lowest BCUT2D eigenvalue weighted by Gasteiger charge is -2.19. The minimum Gasteiger partial charge on any atom is -0.493 e. The van der Waals surface area contributed by atoms with Crippen LogP contribution in [0.3, 0.4) is 0 Å². The fourth-order valence-electron chi connectivity index (χ4n) is 4.01. The molecule has 33 heavy (non-hydrogen) atoms. The first-order valence-corrected chi connectivity index (χ1v) is 12.5. The molecule has 0 radical (unpaired) electrons. The molecule has 0 spiro atoms. The monoisotopic (exact) mass is 472 g/mol. The molecule has 3 aromatic rings. The van der Waals surface area contributed by atoms with Crippen molar-refractivity contribution in [1.82, 2.24) is 14.9 Å². The van der Waals surface area contributed by atoms with Crippen molar-refractivity contribution in [3.63, 3.8) is 0 Å². The topological polar surface area (TPSA) is 93.6 Å². The molecule has 2 aromatic carbocycles. The Labute approximate surface area is 196 Å². The fourth-order valence-corrected chi connectivity index (χ4v) is 5.50. The second-order valence-corrected chi connectivity index (χ2v) is 9.57. The highest BCUT2D eigenvalue weighted by Crippen LogP contribution is 2.35. The number of nitrogens with one attached hydrogen (secondary N) is 1. The van der Waals surface area contributed by atoms with Gasteiger partial charge in [-0.2, -0.15) is 0 Å². The summed E-state index contributed by atoms with van der Waals surface area (Å²) in [5.74, 6) is 1.22. The average Bonchev–Trinajstić information content (AvgIpc) is 2.75. The van der Waals surface area contributed by atoms with E-state index in [-0.39, 0.29) is 10.7 Å². The van der Waals surface area contributed by atoms with E-state index in [0.717, 1.165) is 25.2 Å². The van der Waals surface area contributed by atoms with Crippen LogP contribution in [0.4, 0.5) is 5.82 Å². The third-order valence-corrected chi connectivity index (χ3v) is 7.23. The normalized spacial score (nSPS) is 11.7. The number of ether oxygens (including phenoxy) is 2. The van der Waals surface area contributed by atoms with Gasteiger partial charge in [0.25, 0.3) is 10.0 Å². The van der Waals surface area contributed by atoms with Crippen molar-refractivity contribution in [3.05, 3.63) is 47.3 Å². The van der Waals surface area contributed by atoms with Gasteiger partial charge in [-0.25, -0.2) is 18.4 Å². The summed E-state index contributed by atoms with van der Waals surface area (Å²) in [5.41, 5.74) is 2.92. The van der Waals surface area contributed by atoms with Gasteiger partial charge in [-0.05, 0) is 51.1 Å². The lowest BCUT2D eigenvalue weighted by Crippen LogP contribution is -2.27. The van der Waals surface area contributed by atoms with Crippen molar-refractivity contribution in [2.45, 2.75) is 39.5 Å². The van der Waals surface area contributed by atoms with E-state index in [1.165, 1.54) is 6.33 Å². The molecule has 0 atom stereocenters. The highest BCUT2D eigenvalue weighted by Gasteiger charge is 2.22. The van der Waals surface area contributed by atoms with Gasteiger partial charge in [0.1, 0.15) is 12.9 Å². The van der Waals surface area contributed by atoms with Crippen molar-refractivity contribution in [1.29, 1.82) is 0 Å². The molecule has 0 bridgehead atoms. The molecule has 0 saturated carbocycles. The van der Waals surface area contributed by atoms with Crippen LogP contribution in [-0.4, -0.2) is 56.6 Å². The smallest absolute Gasteiger partial charge is 0.263 e. The Morgan fingerprint density at radius 2 is 1.64 bits per heavy atom. The fraction of sp³-hybridized carbons (Fsp3) is 0.417. The molecule has 8 nitrogen and oxygen atoms in total. The molecule has 0 fully saturated rings. The molecule has 1 N–H and O–H groups in total. The highest BCUT2D eigenvalue weighted by atomic mass is 32.2. The van der Waals surface area contributed by atoms with Crippen molar-refractivity contribution in [3.8, 4) is 11.5 Å². The Balaban J connectivity index is 1.95. The molecule has 0 saturated heterocycles. The quantitative estimate of drug-likeness (QED) is 0.475. The summed E-state index contributed by atoms with van der Waals surface area (Å²) in [5, 5.41) is 0.524. The van der Waals surface area contributed by atoms with Crippen LogP contribution in [0.15, 0.2) is 35.5 Å². The lowest BCUT2D eigenvalue weighted by molar-refractivity contribution is 0.217. The Morgan fingerprint density at radius 3 is 2.24 bits per heavy atom. The van der Waals surface area contributed by atoms with Crippen LogP contribution in [0.2, 0.25) is 0 Å². The molecule has 0 amide bonds. The molecule has 178 valence electrons. The Bertz CT molecular complexity index is 1220. The first-order chi connectivity index (χ1) is 15.7. The zero-order chi connectivity index (χ0) is 24.2. The molecule has 0 aliphatic carbocycles. The first kappa shape index (κ1) is 24.7. The third-order valence-electron chi connectivity index (χ3n) is 5.58. The van der Waals surface area contributed by atoms with Crippen LogP contribution in [0.1, 0.15) is 30.5 Å². The summed E-state index contributed by atoms with van der Waals surface area (Å²) >= 11 is 0. The van der Waals surface area contributed by atoms with Gasteiger partial charge in [-0.3, -0.25) is 4.72 Å². The molecular formula is C24H32N4O4S. The lowest BCUT2D eigenvalue weighted by atomic mass is 10.1. The van der Waals surface area contributed by atoms with Gasteiger partial charge in [0.2, 0.25) is 0 Å². The second-order valence-electron chi connectivity index (χ2n) is 7.95. The molecule has 0 aliphatic heterocycles. The number of aryl methyl sites for hydroxylation is 3. The van der Waals surface area contributed by atoms with E-state index in [1.54, 1.807) is 33.1 Å². The zero-order valence-electron chi connectivity index (χ0n) is 20.1.